The standard InChI is InChI=1S/C15H29N3OS/c1-4-16-15(17-10-13-6-5-8-19-13)18-7-9-20-14(11-18)12(2)3/h12-14H,4-11H2,1-3H3,(H,16,17). The van der Waals surface area contributed by atoms with Crippen LogP contribution in [0.2, 0.25) is 0 Å². The predicted molar refractivity (Wildman–Crippen MR) is 87.6 cm³/mol. The molecule has 0 saturated carbocycles. The van der Waals surface area contributed by atoms with E-state index in [0.717, 1.165) is 56.3 Å². The Morgan fingerprint density at radius 2 is 2.35 bits per heavy atom. The fourth-order valence-corrected chi connectivity index (χ4v) is 3.97. The maximum absolute atomic E-state index is 5.67. The molecule has 2 heterocycles. The second kappa shape index (κ2) is 8.13. The van der Waals surface area contributed by atoms with Gasteiger partial charge in [0.25, 0.3) is 0 Å². The van der Waals surface area contributed by atoms with Crippen LogP contribution in [0.25, 0.3) is 0 Å². The number of nitrogens with one attached hydrogen (secondary N) is 1. The Morgan fingerprint density at radius 1 is 1.50 bits per heavy atom. The summed E-state index contributed by atoms with van der Waals surface area (Å²) < 4.78 is 5.67. The molecule has 2 unspecified atom stereocenters. The second-order valence-corrected chi connectivity index (χ2v) is 7.28. The predicted octanol–water partition coefficient (Wildman–Crippen LogP) is 2.20. The van der Waals surface area contributed by atoms with Crippen molar-refractivity contribution in [1.82, 2.24) is 10.2 Å². The summed E-state index contributed by atoms with van der Waals surface area (Å²) in [5, 5.41) is 4.16. The quantitative estimate of drug-likeness (QED) is 0.638. The third-order valence-electron chi connectivity index (χ3n) is 3.94. The first-order valence-corrected chi connectivity index (χ1v) is 9.02. The maximum Gasteiger partial charge on any atom is 0.194 e. The summed E-state index contributed by atoms with van der Waals surface area (Å²) in [6, 6.07) is 0. The normalized spacial score (nSPS) is 28.2. The Hall–Kier alpha value is -0.420. The smallest absolute Gasteiger partial charge is 0.194 e. The summed E-state index contributed by atoms with van der Waals surface area (Å²) in [7, 11) is 0. The van der Waals surface area contributed by atoms with Crippen LogP contribution in [0.15, 0.2) is 4.99 Å². The molecule has 20 heavy (non-hydrogen) atoms. The van der Waals surface area contributed by atoms with E-state index in [-0.39, 0.29) is 0 Å². The van der Waals surface area contributed by atoms with Gasteiger partial charge in [0.15, 0.2) is 5.96 Å². The van der Waals surface area contributed by atoms with Crippen molar-refractivity contribution >= 4 is 17.7 Å². The molecule has 0 spiro atoms. The topological polar surface area (TPSA) is 36.9 Å². The van der Waals surface area contributed by atoms with Crippen LogP contribution in [0, 0.1) is 5.92 Å². The van der Waals surface area contributed by atoms with Gasteiger partial charge in [0, 0.05) is 37.2 Å². The summed E-state index contributed by atoms with van der Waals surface area (Å²) in [5.41, 5.74) is 0. The van der Waals surface area contributed by atoms with Crippen molar-refractivity contribution < 1.29 is 4.74 Å². The second-order valence-electron chi connectivity index (χ2n) is 5.93. The molecule has 1 N–H and O–H groups in total. The summed E-state index contributed by atoms with van der Waals surface area (Å²) in [6.45, 7) is 11.6. The van der Waals surface area contributed by atoms with E-state index in [4.69, 9.17) is 9.73 Å². The highest BCUT2D eigenvalue weighted by molar-refractivity contribution is 8.00. The Balaban J connectivity index is 1.93. The van der Waals surface area contributed by atoms with Gasteiger partial charge in [0.1, 0.15) is 0 Å². The molecular weight excluding hydrogens is 270 g/mol. The van der Waals surface area contributed by atoms with E-state index in [2.05, 4.69) is 42.7 Å². The molecule has 116 valence electrons. The van der Waals surface area contributed by atoms with Gasteiger partial charge in [-0.25, -0.2) is 0 Å². The average Bonchev–Trinajstić information content (AvgIpc) is 2.97. The van der Waals surface area contributed by atoms with Crippen LogP contribution in [0.3, 0.4) is 0 Å². The zero-order chi connectivity index (χ0) is 14.4. The van der Waals surface area contributed by atoms with Gasteiger partial charge in [-0.05, 0) is 25.7 Å². The molecule has 0 radical (unpaired) electrons. The Morgan fingerprint density at radius 3 is 3.00 bits per heavy atom. The molecule has 2 saturated heterocycles. The van der Waals surface area contributed by atoms with Crippen molar-refractivity contribution in [2.24, 2.45) is 10.9 Å². The number of hydrogen-bond donors (Lipinski definition) is 1. The van der Waals surface area contributed by atoms with Gasteiger partial charge >= 0.3 is 0 Å². The number of rotatable bonds is 4. The van der Waals surface area contributed by atoms with Crippen LogP contribution < -0.4 is 5.32 Å². The van der Waals surface area contributed by atoms with Crippen LogP contribution in [0.4, 0.5) is 0 Å². The molecule has 5 heteroatoms. The van der Waals surface area contributed by atoms with Crippen LogP contribution in [-0.4, -0.2) is 60.8 Å². The van der Waals surface area contributed by atoms with Crippen molar-refractivity contribution in [3.8, 4) is 0 Å². The van der Waals surface area contributed by atoms with Gasteiger partial charge in [-0.3, -0.25) is 4.99 Å². The molecule has 2 atom stereocenters. The zero-order valence-electron chi connectivity index (χ0n) is 13.1. The summed E-state index contributed by atoms with van der Waals surface area (Å²) in [4.78, 5) is 7.24. The molecule has 2 aliphatic rings. The Labute approximate surface area is 127 Å². The summed E-state index contributed by atoms with van der Waals surface area (Å²) >= 11 is 2.10. The van der Waals surface area contributed by atoms with Gasteiger partial charge in [0.05, 0.1) is 12.6 Å². The van der Waals surface area contributed by atoms with E-state index >= 15 is 0 Å². The number of ether oxygens (including phenoxy) is 1. The van der Waals surface area contributed by atoms with E-state index in [0.29, 0.717) is 6.10 Å². The van der Waals surface area contributed by atoms with E-state index in [1.165, 1.54) is 12.2 Å². The number of thioether (sulfide) groups is 1. The molecule has 2 fully saturated rings. The van der Waals surface area contributed by atoms with Crippen molar-refractivity contribution in [1.29, 1.82) is 0 Å². The maximum atomic E-state index is 5.67. The minimum atomic E-state index is 0.337. The Bertz CT molecular complexity index is 316. The fourth-order valence-electron chi connectivity index (χ4n) is 2.67. The molecule has 0 bridgehead atoms. The highest BCUT2D eigenvalue weighted by Crippen LogP contribution is 2.25. The molecule has 0 aromatic carbocycles. The van der Waals surface area contributed by atoms with E-state index in [1.807, 2.05) is 0 Å². The van der Waals surface area contributed by atoms with Gasteiger partial charge in [0.2, 0.25) is 0 Å². The van der Waals surface area contributed by atoms with Crippen LogP contribution in [0.5, 0.6) is 0 Å². The third kappa shape index (κ3) is 4.55. The number of hydrogen-bond acceptors (Lipinski definition) is 3. The van der Waals surface area contributed by atoms with E-state index in [9.17, 15) is 0 Å². The number of nitrogens with zero attached hydrogens (tertiary/aromatic N) is 2. The molecular formula is C15H29N3OS. The fraction of sp³-hybridized carbons (Fsp3) is 0.933. The van der Waals surface area contributed by atoms with Crippen LogP contribution in [0.1, 0.15) is 33.6 Å². The van der Waals surface area contributed by atoms with Crippen molar-refractivity contribution in [2.45, 2.75) is 45.0 Å². The minimum absolute atomic E-state index is 0.337. The lowest BCUT2D eigenvalue weighted by Gasteiger charge is -2.36. The minimum Gasteiger partial charge on any atom is -0.376 e. The van der Waals surface area contributed by atoms with E-state index in [1.54, 1.807) is 0 Å². The molecule has 0 amide bonds. The molecule has 2 rings (SSSR count). The lowest BCUT2D eigenvalue weighted by molar-refractivity contribution is 0.117. The molecule has 0 aliphatic carbocycles. The van der Waals surface area contributed by atoms with E-state index < -0.39 is 0 Å². The lowest BCUT2D eigenvalue weighted by Crippen LogP contribution is -2.49. The van der Waals surface area contributed by atoms with Gasteiger partial charge in [-0.15, -0.1) is 0 Å². The molecule has 0 aromatic heterocycles. The monoisotopic (exact) mass is 299 g/mol. The van der Waals surface area contributed by atoms with Gasteiger partial charge in [-0.2, -0.15) is 11.8 Å². The highest BCUT2D eigenvalue weighted by Gasteiger charge is 2.25. The van der Waals surface area contributed by atoms with Crippen molar-refractivity contribution in [2.75, 3.05) is 38.5 Å². The van der Waals surface area contributed by atoms with Gasteiger partial charge < -0.3 is 15.0 Å². The van der Waals surface area contributed by atoms with Crippen molar-refractivity contribution in [3.05, 3.63) is 0 Å². The molecule has 2 aliphatic heterocycles. The summed E-state index contributed by atoms with van der Waals surface area (Å²) in [6.07, 6.45) is 2.68. The highest BCUT2D eigenvalue weighted by atomic mass is 32.2. The lowest BCUT2D eigenvalue weighted by atomic mass is 10.1. The van der Waals surface area contributed by atoms with Crippen molar-refractivity contribution in [3.63, 3.8) is 0 Å². The summed E-state index contributed by atoms with van der Waals surface area (Å²) in [5.74, 6) is 3.01. The first-order chi connectivity index (χ1) is 9.70. The largest absolute Gasteiger partial charge is 0.376 e. The number of aliphatic imine (C=N–C) groups is 1. The zero-order valence-corrected chi connectivity index (χ0v) is 13.9. The molecule has 0 aromatic rings. The van der Waals surface area contributed by atoms with Gasteiger partial charge in [-0.1, -0.05) is 13.8 Å². The van der Waals surface area contributed by atoms with Crippen LogP contribution >= 0.6 is 11.8 Å². The first-order valence-electron chi connectivity index (χ1n) is 7.97. The Kier molecular flexibility index (Phi) is 6.49. The first kappa shape index (κ1) is 16.0. The number of guanidine groups is 1. The molecule has 4 nitrogen and oxygen atoms in total. The average molecular weight is 299 g/mol. The van der Waals surface area contributed by atoms with Crippen LogP contribution in [-0.2, 0) is 4.74 Å². The third-order valence-corrected chi connectivity index (χ3v) is 5.48. The SMILES string of the molecule is CCNC(=NCC1CCCO1)N1CCSC(C(C)C)C1.